The molecule has 2 aromatic carbocycles. The zero-order valence-corrected chi connectivity index (χ0v) is 17.4. The molecule has 0 radical (unpaired) electrons. The minimum absolute atomic E-state index is 0.0675. The van der Waals surface area contributed by atoms with Gasteiger partial charge >= 0.3 is 5.69 Å². The van der Waals surface area contributed by atoms with Gasteiger partial charge in [-0.2, -0.15) is 4.31 Å². The van der Waals surface area contributed by atoms with Gasteiger partial charge in [-0.25, -0.2) is 8.42 Å². The van der Waals surface area contributed by atoms with Crippen LogP contribution in [0.2, 0.25) is 0 Å². The fraction of sp³-hybridized carbons (Fsp3) is 0.350. The molecule has 1 N–H and O–H groups in total. The van der Waals surface area contributed by atoms with Crippen LogP contribution in [0, 0.1) is 10.1 Å². The number of nitro benzene ring substituents is 1. The lowest BCUT2D eigenvalue weighted by molar-refractivity contribution is -0.385. The Morgan fingerprint density at radius 1 is 1.07 bits per heavy atom. The van der Waals surface area contributed by atoms with Gasteiger partial charge in [-0.1, -0.05) is 12.8 Å². The van der Waals surface area contributed by atoms with Crippen molar-refractivity contribution in [3.63, 3.8) is 0 Å². The molecule has 0 bridgehead atoms. The number of ether oxygens (including phenoxy) is 1. The van der Waals surface area contributed by atoms with Crippen molar-refractivity contribution in [3.05, 3.63) is 52.6 Å². The summed E-state index contributed by atoms with van der Waals surface area (Å²) in [6.45, 7) is 2.21. The summed E-state index contributed by atoms with van der Waals surface area (Å²) in [6, 6.07) is 9.97. The smallest absolute Gasteiger partial charge is 0.312 e. The van der Waals surface area contributed by atoms with Gasteiger partial charge in [-0.3, -0.25) is 14.9 Å². The zero-order valence-electron chi connectivity index (χ0n) is 16.5. The largest absolute Gasteiger partial charge is 0.450 e. The maximum absolute atomic E-state index is 12.9. The van der Waals surface area contributed by atoms with E-state index in [-0.39, 0.29) is 16.6 Å². The summed E-state index contributed by atoms with van der Waals surface area (Å²) in [5.74, 6) is 0.0259. The Hall–Kier alpha value is -2.98. The Labute approximate surface area is 174 Å². The number of nitrogens with zero attached hydrogens (tertiary/aromatic N) is 2. The molecule has 30 heavy (non-hydrogen) atoms. The molecule has 160 valence electrons. The predicted octanol–water partition coefficient (Wildman–Crippen LogP) is 3.91. The minimum atomic E-state index is -3.82. The molecule has 1 saturated heterocycles. The molecule has 3 rings (SSSR count). The number of carbonyl (C=O) groups excluding carboxylic acids is 1. The number of anilines is 1. The van der Waals surface area contributed by atoms with Crippen LogP contribution in [0.15, 0.2) is 47.4 Å². The molecular weight excluding hydrogens is 410 g/mol. The Morgan fingerprint density at radius 2 is 1.70 bits per heavy atom. The summed E-state index contributed by atoms with van der Waals surface area (Å²) in [5.41, 5.74) is 0.125. The van der Waals surface area contributed by atoms with Gasteiger partial charge < -0.3 is 10.1 Å². The fourth-order valence-corrected chi connectivity index (χ4v) is 4.79. The second-order valence-electron chi connectivity index (χ2n) is 7.01. The van der Waals surface area contributed by atoms with Crippen LogP contribution in [-0.4, -0.2) is 36.6 Å². The highest BCUT2D eigenvalue weighted by molar-refractivity contribution is 7.89. The van der Waals surface area contributed by atoms with Crippen LogP contribution in [0.25, 0.3) is 0 Å². The second kappa shape index (κ2) is 9.23. The summed E-state index contributed by atoms with van der Waals surface area (Å²) in [6.07, 6.45) is 3.49. The van der Waals surface area contributed by atoms with E-state index in [1.54, 1.807) is 24.3 Å². The number of nitro groups is 1. The summed E-state index contributed by atoms with van der Waals surface area (Å²) < 4.78 is 32.9. The number of carbonyl (C=O) groups is 1. The molecule has 2 aromatic rings. The van der Waals surface area contributed by atoms with Crippen LogP contribution in [0.3, 0.4) is 0 Å². The minimum Gasteiger partial charge on any atom is -0.450 e. The van der Waals surface area contributed by atoms with E-state index in [2.05, 4.69) is 5.32 Å². The number of amides is 1. The summed E-state index contributed by atoms with van der Waals surface area (Å²) >= 11 is 0. The summed E-state index contributed by atoms with van der Waals surface area (Å²) in [4.78, 5) is 21.9. The maximum atomic E-state index is 12.9. The third-order valence-corrected chi connectivity index (χ3v) is 6.63. The molecule has 1 fully saturated rings. The average molecular weight is 433 g/mol. The quantitative estimate of drug-likeness (QED) is 0.545. The molecule has 1 amide bonds. The van der Waals surface area contributed by atoms with Crippen LogP contribution in [0.1, 0.15) is 32.6 Å². The summed E-state index contributed by atoms with van der Waals surface area (Å²) in [5, 5.41) is 14.2. The van der Waals surface area contributed by atoms with Gasteiger partial charge in [0.2, 0.25) is 21.7 Å². The highest BCUT2D eigenvalue weighted by Crippen LogP contribution is 2.34. The van der Waals surface area contributed by atoms with Crippen molar-refractivity contribution in [2.45, 2.75) is 37.5 Å². The first-order chi connectivity index (χ1) is 14.3. The van der Waals surface area contributed by atoms with Gasteiger partial charge in [0.15, 0.2) is 0 Å². The SMILES string of the molecule is CC(=O)Nc1ccc(Oc2ccc(S(=O)(=O)N3CCCCCC3)cc2[N+](=O)[O-])cc1. The highest BCUT2D eigenvalue weighted by atomic mass is 32.2. The maximum Gasteiger partial charge on any atom is 0.312 e. The van der Waals surface area contributed by atoms with Crippen molar-refractivity contribution in [2.24, 2.45) is 0 Å². The van der Waals surface area contributed by atoms with Crippen LogP contribution in [-0.2, 0) is 14.8 Å². The number of hydrogen-bond donors (Lipinski definition) is 1. The van der Waals surface area contributed by atoms with Crippen molar-refractivity contribution in [2.75, 3.05) is 18.4 Å². The third-order valence-electron chi connectivity index (χ3n) is 4.73. The van der Waals surface area contributed by atoms with Crippen LogP contribution in [0.4, 0.5) is 11.4 Å². The molecule has 0 saturated carbocycles. The Morgan fingerprint density at radius 3 is 2.27 bits per heavy atom. The van der Waals surface area contributed by atoms with E-state index < -0.39 is 20.6 Å². The Bertz CT molecular complexity index is 1030. The van der Waals surface area contributed by atoms with Crippen LogP contribution < -0.4 is 10.1 Å². The van der Waals surface area contributed by atoms with Crippen LogP contribution >= 0.6 is 0 Å². The molecule has 0 spiro atoms. The van der Waals surface area contributed by atoms with Crippen molar-refractivity contribution in [1.82, 2.24) is 4.31 Å². The molecule has 0 atom stereocenters. The first-order valence-electron chi connectivity index (χ1n) is 9.61. The van der Waals surface area contributed by atoms with Crippen molar-refractivity contribution >= 4 is 27.3 Å². The molecule has 0 aliphatic carbocycles. The molecule has 0 unspecified atom stereocenters. The molecular formula is C20H23N3O6S. The lowest BCUT2D eigenvalue weighted by atomic mass is 10.2. The molecule has 1 aliphatic heterocycles. The summed E-state index contributed by atoms with van der Waals surface area (Å²) in [7, 11) is -3.82. The van der Waals surface area contributed by atoms with Gasteiger partial charge in [0.25, 0.3) is 0 Å². The van der Waals surface area contributed by atoms with E-state index in [1.165, 1.54) is 23.4 Å². The van der Waals surface area contributed by atoms with Crippen LogP contribution in [0.5, 0.6) is 11.5 Å². The number of benzene rings is 2. The third kappa shape index (κ3) is 5.14. The number of nitrogens with one attached hydrogen (secondary N) is 1. The van der Waals surface area contributed by atoms with Crippen molar-refractivity contribution < 1.29 is 22.9 Å². The molecule has 10 heteroatoms. The van der Waals surface area contributed by atoms with Gasteiger partial charge in [-0.15, -0.1) is 0 Å². The second-order valence-corrected chi connectivity index (χ2v) is 8.95. The topological polar surface area (TPSA) is 119 Å². The standard InChI is InChI=1S/C20H23N3O6S/c1-15(24)21-16-6-8-17(9-7-16)29-20-11-10-18(14-19(20)23(25)26)30(27,28)22-12-4-2-3-5-13-22/h6-11,14H,2-5,12-13H2,1H3,(H,21,24). The van der Waals surface area contributed by atoms with E-state index in [9.17, 15) is 23.3 Å². The van der Waals surface area contributed by atoms with Crippen molar-refractivity contribution in [1.29, 1.82) is 0 Å². The molecule has 1 heterocycles. The van der Waals surface area contributed by atoms with Crippen molar-refractivity contribution in [3.8, 4) is 11.5 Å². The first kappa shape index (κ1) is 21.7. The Kier molecular flexibility index (Phi) is 6.68. The van der Waals surface area contributed by atoms with E-state index in [1.807, 2.05) is 0 Å². The van der Waals surface area contributed by atoms with Gasteiger partial charge in [-0.05, 0) is 49.2 Å². The van der Waals surface area contributed by atoms with E-state index in [0.29, 0.717) is 24.5 Å². The van der Waals surface area contributed by atoms with Gasteiger partial charge in [0.1, 0.15) is 5.75 Å². The number of rotatable bonds is 6. The highest BCUT2D eigenvalue weighted by Gasteiger charge is 2.28. The van der Waals surface area contributed by atoms with Gasteiger partial charge in [0.05, 0.1) is 9.82 Å². The Balaban J connectivity index is 1.86. The molecule has 9 nitrogen and oxygen atoms in total. The zero-order chi connectivity index (χ0) is 21.7. The van der Waals surface area contributed by atoms with E-state index >= 15 is 0 Å². The molecule has 1 aliphatic rings. The lowest BCUT2D eigenvalue weighted by Crippen LogP contribution is -2.31. The average Bonchev–Trinajstić information content (AvgIpc) is 2.99. The van der Waals surface area contributed by atoms with E-state index in [4.69, 9.17) is 4.74 Å². The normalized spacial score (nSPS) is 15.2. The number of hydrogen-bond acceptors (Lipinski definition) is 6. The lowest BCUT2D eigenvalue weighted by Gasteiger charge is -2.20. The predicted molar refractivity (Wildman–Crippen MR) is 111 cm³/mol. The number of sulfonamides is 1. The first-order valence-corrected chi connectivity index (χ1v) is 11.1. The van der Waals surface area contributed by atoms with E-state index in [0.717, 1.165) is 31.7 Å². The van der Waals surface area contributed by atoms with Gasteiger partial charge in [0, 0.05) is 31.8 Å². The molecule has 0 aromatic heterocycles. The monoisotopic (exact) mass is 433 g/mol. The fourth-order valence-electron chi connectivity index (χ4n) is 3.25.